The zero-order chi connectivity index (χ0) is 23.0. The van der Waals surface area contributed by atoms with E-state index in [1.54, 1.807) is 11.3 Å². The molecule has 2 aromatic carbocycles. The van der Waals surface area contributed by atoms with E-state index in [4.69, 9.17) is 14.5 Å². The van der Waals surface area contributed by atoms with Crippen LogP contribution in [0, 0.1) is 6.92 Å². The van der Waals surface area contributed by atoms with Crippen molar-refractivity contribution in [3.63, 3.8) is 0 Å². The van der Waals surface area contributed by atoms with Gasteiger partial charge in [-0.2, -0.15) is 0 Å². The Morgan fingerprint density at radius 1 is 1.15 bits per heavy atom. The number of unbranched alkanes of at least 4 members (excludes halogenated alkanes) is 1. The highest BCUT2D eigenvalue weighted by Crippen LogP contribution is 2.31. The fourth-order valence-electron chi connectivity index (χ4n) is 3.94. The van der Waals surface area contributed by atoms with Gasteiger partial charge < -0.3 is 9.47 Å². The molecule has 2 heterocycles. The molecule has 0 unspecified atom stereocenters. The number of aromatic nitrogens is 1. The van der Waals surface area contributed by atoms with Gasteiger partial charge in [0.05, 0.1) is 30.0 Å². The Kier molecular flexibility index (Phi) is 8.31. The lowest BCUT2D eigenvalue weighted by molar-refractivity contribution is 0.0376. The summed E-state index contributed by atoms with van der Waals surface area (Å²) >= 11 is 1.58. The highest BCUT2D eigenvalue weighted by Gasteiger charge is 2.22. The van der Waals surface area contributed by atoms with E-state index >= 15 is 0 Å². The van der Waals surface area contributed by atoms with Crippen LogP contribution in [0.25, 0.3) is 10.2 Å². The highest BCUT2D eigenvalue weighted by atomic mass is 32.1. The molecule has 0 atom stereocenters. The summed E-state index contributed by atoms with van der Waals surface area (Å²) in [6.45, 7) is 9.95. The number of hydrogen-bond donors (Lipinski definition) is 0. The van der Waals surface area contributed by atoms with Crippen molar-refractivity contribution in [2.75, 3.05) is 50.9 Å². The van der Waals surface area contributed by atoms with Crippen LogP contribution in [-0.4, -0.2) is 61.8 Å². The van der Waals surface area contributed by atoms with Gasteiger partial charge in [-0.05, 0) is 55.7 Å². The number of morpholine rings is 1. The van der Waals surface area contributed by atoms with Gasteiger partial charge >= 0.3 is 0 Å². The first-order valence-corrected chi connectivity index (χ1v) is 12.7. The molecule has 3 aromatic rings. The van der Waals surface area contributed by atoms with Crippen LogP contribution in [0.5, 0.6) is 5.75 Å². The number of fused-ring (bicyclic) bond motifs is 1. The van der Waals surface area contributed by atoms with Gasteiger partial charge in [-0.15, -0.1) is 0 Å². The van der Waals surface area contributed by atoms with Crippen LogP contribution >= 0.6 is 11.3 Å². The zero-order valence-corrected chi connectivity index (χ0v) is 20.4. The van der Waals surface area contributed by atoms with Crippen molar-refractivity contribution in [3.8, 4) is 5.75 Å². The lowest BCUT2D eigenvalue weighted by Gasteiger charge is -2.27. The number of benzene rings is 2. The predicted octanol–water partition coefficient (Wildman–Crippen LogP) is 5.15. The third-order valence-corrected chi connectivity index (χ3v) is 6.96. The van der Waals surface area contributed by atoms with Gasteiger partial charge in [0.1, 0.15) is 5.75 Å². The Morgan fingerprint density at radius 3 is 2.67 bits per heavy atom. The Bertz CT molecular complexity index is 1040. The number of ether oxygens (including phenoxy) is 2. The number of amides is 1. The molecule has 176 valence electrons. The smallest absolute Gasteiger partial charge is 0.260 e. The second-order valence-corrected chi connectivity index (χ2v) is 9.42. The molecule has 0 N–H and O–H groups in total. The van der Waals surface area contributed by atoms with Crippen LogP contribution in [0.2, 0.25) is 0 Å². The number of carbonyl (C=O) groups is 1. The number of para-hydroxylation sites is 1. The summed E-state index contributed by atoms with van der Waals surface area (Å²) < 4.78 is 12.3. The second kappa shape index (κ2) is 11.6. The number of carbonyl (C=O) groups excluding carboxylic acids is 1. The lowest BCUT2D eigenvalue weighted by Crippen LogP contribution is -2.39. The van der Waals surface area contributed by atoms with Crippen LogP contribution in [0.3, 0.4) is 0 Å². The average molecular weight is 468 g/mol. The molecule has 0 bridgehead atoms. The first kappa shape index (κ1) is 23.7. The summed E-state index contributed by atoms with van der Waals surface area (Å²) in [5, 5.41) is 0.759. The SMILES string of the molecule is CCCCOc1ccc(C(=O)N(CCCN2CCOCC2)c2nc3c(C)cccc3s2)cc1. The van der Waals surface area contributed by atoms with Crippen molar-refractivity contribution in [2.24, 2.45) is 0 Å². The molecule has 1 aliphatic rings. The molecular formula is C26H33N3O3S. The number of rotatable bonds is 10. The third-order valence-electron chi connectivity index (χ3n) is 5.91. The predicted molar refractivity (Wildman–Crippen MR) is 135 cm³/mol. The Labute approximate surface area is 200 Å². The quantitative estimate of drug-likeness (QED) is 0.386. The summed E-state index contributed by atoms with van der Waals surface area (Å²) in [5.41, 5.74) is 2.76. The first-order chi connectivity index (χ1) is 16.2. The molecule has 7 heteroatoms. The normalized spacial score (nSPS) is 14.5. The van der Waals surface area contributed by atoms with E-state index in [0.717, 1.165) is 78.8 Å². The van der Waals surface area contributed by atoms with Crippen LogP contribution < -0.4 is 9.64 Å². The van der Waals surface area contributed by atoms with E-state index in [1.165, 1.54) is 0 Å². The Hall–Kier alpha value is -2.48. The summed E-state index contributed by atoms with van der Waals surface area (Å²) in [6, 6.07) is 13.7. The van der Waals surface area contributed by atoms with E-state index in [2.05, 4.69) is 30.9 Å². The number of aryl methyl sites for hydroxylation is 1. The van der Waals surface area contributed by atoms with E-state index < -0.39 is 0 Å². The van der Waals surface area contributed by atoms with Gasteiger partial charge in [-0.1, -0.05) is 36.8 Å². The highest BCUT2D eigenvalue weighted by molar-refractivity contribution is 7.22. The molecule has 1 fully saturated rings. The Morgan fingerprint density at radius 2 is 1.94 bits per heavy atom. The summed E-state index contributed by atoms with van der Waals surface area (Å²) in [4.78, 5) is 22.7. The van der Waals surface area contributed by atoms with Crippen LogP contribution in [-0.2, 0) is 4.74 Å². The van der Waals surface area contributed by atoms with Gasteiger partial charge in [0, 0.05) is 31.7 Å². The maximum Gasteiger partial charge on any atom is 0.260 e. The molecular weight excluding hydrogens is 434 g/mol. The lowest BCUT2D eigenvalue weighted by atomic mass is 10.2. The van der Waals surface area contributed by atoms with Gasteiger partial charge in [0.15, 0.2) is 5.13 Å². The molecule has 0 spiro atoms. The van der Waals surface area contributed by atoms with E-state index in [1.807, 2.05) is 35.2 Å². The molecule has 1 aromatic heterocycles. The van der Waals surface area contributed by atoms with Crippen molar-refractivity contribution < 1.29 is 14.3 Å². The van der Waals surface area contributed by atoms with Crippen molar-refractivity contribution in [2.45, 2.75) is 33.1 Å². The average Bonchev–Trinajstić information content (AvgIpc) is 3.28. The zero-order valence-electron chi connectivity index (χ0n) is 19.6. The molecule has 0 aliphatic carbocycles. The largest absolute Gasteiger partial charge is 0.494 e. The van der Waals surface area contributed by atoms with E-state index in [9.17, 15) is 4.79 Å². The minimum Gasteiger partial charge on any atom is -0.494 e. The third kappa shape index (κ3) is 6.10. The Balaban J connectivity index is 1.51. The summed E-state index contributed by atoms with van der Waals surface area (Å²) in [5.74, 6) is 0.781. The first-order valence-electron chi connectivity index (χ1n) is 11.9. The van der Waals surface area contributed by atoms with E-state index in [0.29, 0.717) is 18.7 Å². The number of thiazole rings is 1. The van der Waals surface area contributed by atoms with Crippen molar-refractivity contribution in [1.29, 1.82) is 0 Å². The molecule has 0 radical (unpaired) electrons. The molecule has 0 saturated carbocycles. The monoisotopic (exact) mass is 467 g/mol. The second-order valence-electron chi connectivity index (χ2n) is 8.41. The minimum absolute atomic E-state index is 0.0196. The van der Waals surface area contributed by atoms with Crippen molar-refractivity contribution in [1.82, 2.24) is 9.88 Å². The molecule has 33 heavy (non-hydrogen) atoms. The van der Waals surface area contributed by atoms with Crippen molar-refractivity contribution >= 4 is 32.6 Å². The van der Waals surface area contributed by atoms with Crippen molar-refractivity contribution in [3.05, 3.63) is 53.6 Å². The summed E-state index contributed by atoms with van der Waals surface area (Å²) in [6.07, 6.45) is 3.01. The molecule has 1 aliphatic heterocycles. The van der Waals surface area contributed by atoms with Gasteiger partial charge in [0.2, 0.25) is 0 Å². The molecule has 6 nitrogen and oxygen atoms in total. The van der Waals surface area contributed by atoms with Gasteiger partial charge in [-0.25, -0.2) is 4.98 Å². The minimum atomic E-state index is -0.0196. The maximum atomic E-state index is 13.6. The fraction of sp³-hybridized carbons (Fsp3) is 0.462. The molecule has 4 rings (SSSR count). The standard InChI is InChI=1S/C26H33N3O3S/c1-3-4-17-32-22-11-9-21(10-12-22)25(30)29(14-6-13-28-15-18-31-19-16-28)26-27-24-20(2)7-5-8-23(24)33-26/h5,7-12H,3-4,6,13-19H2,1-2H3. The van der Waals surface area contributed by atoms with Crippen LogP contribution in [0.4, 0.5) is 5.13 Å². The van der Waals surface area contributed by atoms with Gasteiger partial charge in [-0.3, -0.25) is 14.6 Å². The number of anilines is 1. The summed E-state index contributed by atoms with van der Waals surface area (Å²) in [7, 11) is 0. The number of nitrogens with zero attached hydrogens (tertiary/aromatic N) is 3. The van der Waals surface area contributed by atoms with Crippen LogP contribution in [0.1, 0.15) is 42.1 Å². The van der Waals surface area contributed by atoms with Gasteiger partial charge in [0.25, 0.3) is 5.91 Å². The topological polar surface area (TPSA) is 54.9 Å². The fourth-order valence-corrected chi connectivity index (χ4v) is 5.00. The van der Waals surface area contributed by atoms with E-state index in [-0.39, 0.29) is 5.91 Å². The number of hydrogen-bond acceptors (Lipinski definition) is 6. The maximum absolute atomic E-state index is 13.6. The van der Waals surface area contributed by atoms with Crippen LogP contribution in [0.15, 0.2) is 42.5 Å². The molecule has 1 saturated heterocycles. The molecule has 1 amide bonds.